The van der Waals surface area contributed by atoms with E-state index in [0.717, 1.165) is 0 Å². The van der Waals surface area contributed by atoms with E-state index >= 15 is 0 Å². The standard InChI is InChI=1S/C19H12FN5/c20-15-8-6-13(7-9-15)10-14(11-21)18-17(12-22)19(23)25(24-18)16-4-2-1-3-5-16/h1-10H,23H2/b14-10-. The summed E-state index contributed by atoms with van der Waals surface area (Å²) in [5.74, 6) is -0.213. The Labute approximate surface area is 143 Å². The number of halogens is 1. The molecule has 6 heteroatoms. The lowest BCUT2D eigenvalue weighted by molar-refractivity contribution is 0.628. The Morgan fingerprint density at radius 3 is 2.36 bits per heavy atom. The molecule has 120 valence electrons. The van der Waals surface area contributed by atoms with Gasteiger partial charge in [0, 0.05) is 0 Å². The van der Waals surface area contributed by atoms with E-state index < -0.39 is 0 Å². The monoisotopic (exact) mass is 329 g/mol. The van der Waals surface area contributed by atoms with Gasteiger partial charge in [-0.1, -0.05) is 30.3 Å². The van der Waals surface area contributed by atoms with Crippen molar-refractivity contribution in [3.63, 3.8) is 0 Å². The average Bonchev–Trinajstić information content (AvgIpc) is 2.98. The fourth-order valence-electron chi connectivity index (χ4n) is 2.38. The van der Waals surface area contributed by atoms with Crippen molar-refractivity contribution >= 4 is 17.5 Å². The molecule has 25 heavy (non-hydrogen) atoms. The number of allylic oxidation sites excluding steroid dienone is 1. The van der Waals surface area contributed by atoms with Crippen molar-refractivity contribution in [3.8, 4) is 17.8 Å². The normalized spacial score (nSPS) is 10.9. The fourth-order valence-corrected chi connectivity index (χ4v) is 2.38. The zero-order chi connectivity index (χ0) is 17.8. The third-order valence-electron chi connectivity index (χ3n) is 3.59. The van der Waals surface area contributed by atoms with Crippen molar-refractivity contribution in [2.24, 2.45) is 0 Å². The predicted octanol–water partition coefficient (Wildman–Crippen LogP) is 3.53. The van der Waals surface area contributed by atoms with Crippen LogP contribution >= 0.6 is 0 Å². The number of nitrogens with two attached hydrogens (primary N) is 1. The van der Waals surface area contributed by atoms with Crippen molar-refractivity contribution < 1.29 is 4.39 Å². The second-order valence-corrected chi connectivity index (χ2v) is 5.19. The SMILES string of the molecule is N#C/C(=C/c1ccc(F)cc1)c1nn(-c2ccccc2)c(N)c1C#N. The molecule has 3 aromatic rings. The molecule has 0 bridgehead atoms. The maximum atomic E-state index is 13.0. The van der Waals surface area contributed by atoms with Crippen LogP contribution in [-0.4, -0.2) is 9.78 Å². The zero-order valence-corrected chi connectivity index (χ0v) is 13.0. The van der Waals surface area contributed by atoms with E-state index in [9.17, 15) is 14.9 Å². The summed E-state index contributed by atoms with van der Waals surface area (Å²) in [6, 6.07) is 18.8. The van der Waals surface area contributed by atoms with Gasteiger partial charge in [0.15, 0.2) is 0 Å². The van der Waals surface area contributed by atoms with E-state index in [-0.39, 0.29) is 28.5 Å². The first-order valence-electron chi connectivity index (χ1n) is 7.36. The van der Waals surface area contributed by atoms with Crippen LogP contribution in [0.4, 0.5) is 10.2 Å². The molecule has 2 aromatic carbocycles. The molecule has 0 unspecified atom stereocenters. The van der Waals surface area contributed by atoms with Crippen molar-refractivity contribution in [1.29, 1.82) is 10.5 Å². The molecule has 0 radical (unpaired) electrons. The lowest BCUT2D eigenvalue weighted by Crippen LogP contribution is -2.02. The van der Waals surface area contributed by atoms with Crippen LogP contribution in [0.25, 0.3) is 17.3 Å². The number of hydrogen-bond acceptors (Lipinski definition) is 4. The molecule has 0 atom stereocenters. The zero-order valence-electron chi connectivity index (χ0n) is 13.0. The number of hydrogen-bond donors (Lipinski definition) is 1. The van der Waals surface area contributed by atoms with Gasteiger partial charge < -0.3 is 5.73 Å². The van der Waals surface area contributed by atoms with Crippen LogP contribution in [0.5, 0.6) is 0 Å². The van der Waals surface area contributed by atoms with Crippen LogP contribution in [0, 0.1) is 28.5 Å². The van der Waals surface area contributed by atoms with Crippen LogP contribution in [0.3, 0.4) is 0 Å². The fraction of sp³-hybridized carbons (Fsp3) is 0. The summed E-state index contributed by atoms with van der Waals surface area (Å²) < 4.78 is 14.5. The number of nitrogens with zero attached hydrogens (tertiary/aromatic N) is 4. The molecule has 5 nitrogen and oxygen atoms in total. The summed E-state index contributed by atoms with van der Waals surface area (Å²) >= 11 is 0. The third-order valence-corrected chi connectivity index (χ3v) is 3.59. The van der Waals surface area contributed by atoms with Gasteiger partial charge in [-0.05, 0) is 35.9 Å². The minimum absolute atomic E-state index is 0.124. The molecule has 0 spiro atoms. The van der Waals surface area contributed by atoms with Crippen LogP contribution in [0.1, 0.15) is 16.8 Å². The molecule has 0 saturated heterocycles. The minimum atomic E-state index is -0.369. The molecular weight excluding hydrogens is 317 g/mol. The highest BCUT2D eigenvalue weighted by Gasteiger charge is 2.19. The predicted molar refractivity (Wildman–Crippen MR) is 92.6 cm³/mol. The Kier molecular flexibility index (Phi) is 4.28. The van der Waals surface area contributed by atoms with Gasteiger partial charge in [0.25, 0.3) is 0 Å². The number of rotatable bonds is 3. The van der Waals surface area contributed by atoms with Crippen molar-refractivity contribution in [1.82, 2.24) is 9.78 Å². The van der Waals surface area contributed by atoms with Crippen LogP contribution in [0.15, 0.2) is 54.6 Å². The Bertz CT molecular complexity index is 1020. The van der Waals surface area contributed by atoms with E-state index in [1.165, 1.54) is 35.0 Å². The molecule has 0 fully saturated rings. The Morgan fingerprint density at radius 2 is 1.76 bits per heavy atom. The average molecular weight is 329 g/mol. The molecular formula is C19H12FN5. The number of benzene rings is 2. The molecule has 1 aromatic heterocycles. The van der Waals surface area contributed by atoms with Gasteiger partial charge in [0.05, 0.1) is 11.3 Å². The van der Waals surface area contributed by atoms with Gasteiger partial charge in [-0.15, -0.1) is 0 Å². The van der Waals surface area contributed by atoms with Gasteiger partial charge in [0.1, 0.15) is 35.0 Å². The van der Waals surface area contributed by atoms with Gasteiger partial charge in [-0.2, -0.15) is 15.6 Å². The van der Waals surface area contributed by atoms with Crippen LogP contribution in [-0.2, 0) is 0 Å². The highest BCUT2D eigenvalue weighted by molar-refractivity contribution is 5.91. The maximum absolute atomic E-state index is 13.0. The van der Waals surface area contributed by atoms with Crippen LogP contribution in [0.2, 0.25) is 0 Å². The third kappa shape index (κ3) is 3.10. The minimum Gasteiger partial charge on any atom is -0.382 e. The van der Waals surface area contributed by atoms with E-state index in [2.05, 4.69) is 5.10 Å². The molecule has 3 rings (SSSR count). The van der Waals surface area contributed by atoms with Gasteiger partial charge in [0.2, 0.25) is 0 Å². The van der Waals surface area contributed by atoms with Crippen molar-refractivity contribution in [2.45, 2.75) is 0 Å². The van der Waals surface area contributed by atoms with Gasteiger partial charge in [-0.3, -0.25) is 0 Å². The topological polar surface area (TPSA) is 91.4 Å². The summed E-state index contributed by atoms with van der Waals surface area (Å²) in [7, 11) is 0. The molecule has 0 aliphatic heterocycles. The second kappa shape index (κ2) is 6.69. The molecule has 0 aliphatic carbocycles. The number of nitriles is 2. The molecule has 2 N–H and O–H groups in total. The Morgan fingerprint density at radius 1 is 1.08 bits per heavy atom. The number of anilines is 1. The lowest BCUT2D eigenvalue weighted by atomic mass is 10.1. The summed E-state index contributed by atoms with van der Waals surface area (Å²) in [4.78, 5) is 0. The summed E-state index contributed by atoms with van der Waals surface area (Å²) in [6.45, 7) is 0. The van der Waals surface area contributed by atoms with E-state index in [1.54, 1.807) is 12.1 Å². The van der Waals surface area contributed by atoms with Gasteiger partial charge in [-0.25, -0.2) is 9.07 Å². The second-order valence-electron chi connectivity index (χ2n) is 5.19. The summed E-state index contributed by atoms with van der Waals surface area (Å²) in [5.41, 5.74) is 7.83. The number of aromatic nitrogens is 2. The van der Waals surface area contributed by atoms with Gasteiger partial charge >= 0.3 is 0 Å². The number of nitrogen functional groups attached to an aromatic ring is 1. The van der Waals surface area contributed by atoms with E-state index in [1.807, 2.05) is 30.3 Å². The Balaban J connectivity index is 2.14. The quantitative estimate of drug-likeness (QED) is 0.744. The van der Waals surface area contributed by atoms with Crippen LogP contribution < -0.4 is 5.73 Å². The smallest absolute Gasteiger partial charge is 0.145 e. The summed E-state index contributed by atoms with van der Waals surface area (Å²) in [6.07, 6.45) is 1.54. The Hall–Kier alpha value is -3.90. The molecule has 0 aliphatic rings. The first kappa shape index (κ1) is 16.0. The number of para-hydroxylation sites is 1. The first-order chi connectivity index (χ1) is 12.1. The summed E-state index contributed by atoms with van der Waals surface area (Å²) in [5, 5.41) is 23.3. The maximum Gasteiger partial charge on any atom is 0.145 e. The highest BCUT2D eigenvalue weighted by Crippen LogP contribution is 2.26. The highest BCUT2D eigenvalue weighted by atomic mass is 19.1. The lowest BCUT2D eigenvalue weighted by Gasteiger charge is -2.02. The van der Waals surface area contributed by atoms with E-state index in [0.29, 0.717) is 11.3 Å². The molecule has 0 amide bonds. The van der Waals surface area contributed by atoms with Crippen molar-refractivity contribution in [2.75, 3.05) is 5.73 Å². The first-order valence-corrected chi connectivity index (χ1v) is 7.36. The molecule has 0 saturated carbocycles. The largest absolute Gasteiger partial charge is 0.382 e. The van der Waals surface area contributed by atoms with E-state index in [4.69, 9.17) is 5.73 Å². The molecule has 1 heterocycles. The van der Waals surface area contributed by atoms with Crippen molar-refractivity contribution in [3.05, 3.63) is 77.2 Å².